The average Bonchev–Trinajstić information content (AvgIpc) is 1.88. The highest BCUT2D eigenvalue weighted by Gasteiger charge is 1.89. The van der Waals surface area contributed by atoms with Gasteiger partial charge in [0, 0.05) is 6.08 Å². The lowest BCUT2D eigenvalue weighted by Crippen LogP contribution is -1.92. The summed E-state index contributed by atoms with van der Waals surface area (Å²) in [4.78, 5) is 19.7. The van der Waals surface area contributed by atoms with Gasteiger partial charge < -0.3 is 4.74 Å². The largest absolute Gasteiger partial charge is 0.490 e. The fourth-order valence-corrected chi connectivity index (χ4v) is 0.355. The fraction of sp³-hybridized carbons (Fsp3) is 0.333. The molecule has 0 radical (unpaired) electrons. The van der Waals surface area contributed by atoms with Crippen molar-refractivity contribution in [1.82, 2.24) is 0 Å². The van der Waals surface area contributed by atoms with Crippen molar-refractivity contribution >= 4 is 12.6 Å². The molecule has 0 aliphatic heterocycles. The normalized spacial score (nSPS) is 10.6. The minimum absolute atomic E-state index is 0.0764. The molecule has 0 aromatic rings. The summed E-state index contributed by atoms with van der Waals surface area (Å²) >= 11 is 0. The molecule has 0 heterocycles. The summed E-state index contributed by atoms with van der Waals surface area (Å²) in [7, 11) is 0. The second-order valence-corrected chi connectivity index (χ2v) is 1.26. The van der Waals surface area contributed by atoms with Crippen molar-refractivity contribution < 1.29 is 14.3 Å². The summed E-state index contributed by atoms with van der Waals surface area (Å²) in [5.41, 5.74) is 0. The summed E-state index contributed by atoms with van der Waals surface area (Å²) in [6, 6.07) is 0. The number of hydrogen-bond donors (Lipinski definition) is 0. The highest BCUT2D eigenvalue weighted by molar-refractivity contribution is 5.79. The Bertz CT molecular complexity index is 126. The minimum Gasteiger partial charge on any atom is -0.490 e. The maximum absolute atomic E-state index is 9.93. The zero-order valence-corrected chi connectivity index (χ0v) is 5.16. The third-order valence-corrected chi connectivity index (χ3v) is 0.659. The Labute approximate surface area is 53.3 Å². The minimum atomic E-state index is 0.0764. The van der Waals surface area contributed by atoms with E-state index in [1.165, 1.54) is 0 Å². The van der Waals surface area contributed by atoms with E-state index in [2.05, 4.69) is 0 Å². The lowest BCUT2D eigenvalue weighted by atomic mass is 10.5. The first-order chi connectivity index (χ1) is 4.35. The Morgan fingerprint density at radius 3 is 2.56 bits per heavy atom. The van der Waals surface area contributed by atoms with E-state index in [1.807, 2.05) is 0 Å². The van der Waals surface area contributed by atoms with Crippen LogP contribution in [0.1, 0.15) is 6.92 Å². The van der Waals surface area contributed by atoms with Gasteiger partial charge in [-0.1, -0.05) is 0 Å². The molecule has 0 aliphatic rings. The average molecular weight is 128 g/mol. The molecule has 0 aliphatic carbocycles. The maximum Gasteiger partial charge on any atom is 0.184 e. The summed E-state index contributed by atoms with van der Waals surface area (Å²) in [5.74, 6) is 0.0764. The molecule has 3 heteroatoms. The molecule has 3 nitrogen and oxygen atoms in total. The SMILES string of the molecule is CCOC(C=O)=CC=O. The van der Waals surface area contributed by atoms with Crippen LogP contribution >= 0.6 is 0 Å². The topological polar surface area (TPSA) is 43.4 Å². The van der Waals surface area contributed by atoms with Gasteiger partial charge in [0.1, 0.15) is 6.29 Å². The van der Waals surface area contributed by atoms with E-state index in [0.29, 0.717) is 19.2 Å². The van der Waals surface area contributed by atoms with Gasteiger partial charge in [-0.15, -0.1) is 0 Å². The van der Waals surface area contributed by atoms with Crippen LogP contribution in [-0.4, -0.2) is 19.2 Å². The number of rotatable bonds is 4. The van der Waals surface area contributed by atoms with E-state index in [1.54, 1.807) is 6.92 Å². The third kappa shape index (κ3) is 3.46. The highest BCUT2D eigenvalue weighted by atomic mass is 16.5. The van der Waals surface area contributed by atoms with Crippen LogP contribution in [-0.2, 0) is 14.3 Å². The molecular weight excluding hydrogens is 120 g/mol. The number of ether oxygens (including phenoxy) is 1. The van der Waals surface area contributed by atoms with E-state index in [-0.39, 0.29) is 5.76 Å². The zero-order valence-electron chi connectivity index (χ0n) is 5.16. The van der Waals surface area contributed by atoms with Gasteiger partial charge in [-0.3, -0.25) is 9.59 Å². The molecular formula is C6H8O3. The standard InChI is InChI=1S/C6H8O3/c1-2-9-6(5-8)3-4-7/h3-5H,2H2,1H3. The summed E-state index contributed by atoms with van der Waals surface area (Å²) in [6.07, 6.45) is 2.09. The lowest BCUT2D eigenvalue weighted by Gasteiger charge is -1.96. The lowest BCUT2D eigenvalue weighted by molar-refractivity contribution is -0.109. The Morgan fingerprint density at radius 2 is 2.22 bits per heavy atom. The van der Waals surface area contributed by atoms with Crippen molar-refractivity contribution in [3.63, 3.8) is 0 Å². The second kappa shape index (κ2) is 5.03. The first kappa shape index (κ1) is 7.88. The Kier molecular flexibility index (Phi) is 4.40. The zero-order chi connectivity index (χ0) is 7.11. The van der Waals surface area contributed by atoms with E-state index in [9.17, 15) is 9.59 Å². The number of hydrogen-bond acceptors (Lipinski definition) is 3. The van der Waals surface area contributed by atoms with Gasteiger partial charge in [-0.2, -0.15) is 0 Å². The predicted octanol–water partition coefficient (Wildman–Crippen LogP) is 0.305. The van der Waals surface area contributed by atoms with Gasteiger partial charge in [0.25, 0.3) is 0 Å². The van der Waals surface area contributed by atoms with Crippen LogP contribution in [0.5, 0.6) is 0 Å². The first-order valence-electron chi connectivity index (χ1n) is 2.58. The van der Waals surface area contributed by atoms with Crippen molar-refractivity contribution in [1.29, 1.82) is 0 Å². The highest BCUT2D eigenvalue weighted by Crippen LogP contribution is 1.88. The number of carbonyl (C=O) groups is 2. The Morgan fingerprint density at radius 1 is 1.56 bits per heavy atom. The molecule has 0 atom stereocenters. The molecule has 0 aromatic carbocycles. The summed E-state index contributed by atoms with van der Waals surface area (Å²) < 4.78 is 4.69. The molecule has 0 amide bonds. The van der Waals surface area contributed by atoms with Crippen molar-refractivity contribution in [3.8, 4) is 0 Å². The van der Waals surface area contributed by atoms with Crippen LogP contribution < -0.4 is 0 Å². The maximum atomic E-state index is 9.93. The molecule has 0 saturated heterocycles. The second-order valence-electron chi connectivity index (χ2n) is 1.26. The van der Waals surface area contributed by atoms with Crippen LogP contribution in [0, 0.1) is 0 Å². The molecule has 0 bridgehead atoms. The van der Waals surface area contributed by atoms with Crippen molar-refractivity contribution in [2.45, 2.75) is 6.92 Å². The predicted molar refractivity (Wildman–Crippen MR) is 31.8 cm³/mol. The van der Waals surface area contributed by atoms with Gasteiger partial charge in [0.2, 0.25) is 0 Å². The first-order valence-corrected chi connectivity index (χ1v) is 2.58. The fourth-order valence-electron chi connectivity index (χ4n) is 0.355. The molecule has 0 rings (SSSR count). The van der Waals surface area contributed by atoms with E-state index >= 15 is 0 Å². The molecule has 50 valence electrons. The molecule has 0 unspecified atom stereocenters. The number of carbonyl (C=O) groups excluding carboxylic acids is 2. The molecule has 0 aromatic heterocycles. The third-order valence-electron chi connectivity index (χ3n) is 0.659. The van der Waals surface area contributed by atoms with Crippen LogP contribution in [0.2, 0.25) is 0 Å². The van der Waals surface area contributed by atoms with E-state index < -0.39 is 0 Å². The van der Waals surface area contributed by atoms with Crippen LogP contribution in [0.3, 0.4) is 0 Å². The number of aldehydes is 2. The quantitative estimate of drug-likeness (QED) is 0.311. The molecule has 0 spiro atoms. The molecule has 0 saturated carbocycles. The van der Waals surface area contributed by atoms with Gasteiger partial charge in [0.15, 0.2) is 12.0 Å². The van der Waals surface area contributed by atoms with Crippen LogP contribution in [0.4, 0.5) is 0 Å². The van der Waals surface area contributed by atoms with Crippen LogP contribution in [0.25, 0.3) is 0 Å². The van der Waals surface area contributed by atoms with Crippen LogP contribution in [0.15, 0.2) is 11.8 Å². The summed E-state index contributed by atoms with van der Waals surface area (Å²) in [6.45, 7) is 2.14. The molecule has 0 fully saturated rings. The van der Waals surface area contributed by atoms with Gasteiger partial charge in [0.05, 0.1) is 6.61 Å². The number of allylic oxidation sites excluding steroid dienone is 2. The smallest absolute Gasteiger partial charge is 0.184 e. The van der Waals surface area contributed by atoms with Crippen molar-refractivity contribution in [2.24, 2.45) is 0 Å². The van der Waals surface area contributed by atoms with Gasteiger partial charge in [-0.25, -0.2) is 0 Å². The van der Waals surface area contributed by atoms with Gasteiger partial charge >= 0.3 is 0 Å². The Hall–Kier alpha value is -1.12. The Balaban J connectivity index is 3.80. The van der Waals surface area contributed by atoms with Crippen molar-refractivity contribution in [3.05, 3.63) is 11.8 Å². The van der Waals surface area contributed by atoms with Crippen molar-refractivity contribution in [2.75, 3.05) is 6.61 Å². The molecule has 9 heavy (non-hydrogen) atoms. The van der Waals surface area contributed by atoms with Gasteiger partial charge in [-0.05, 0) is 6.92 Å². The van der Waals surface area contributed by atoms with E-state index in [0.717, 1.165) is 6.08 Å². The monoisotopic (exact) mass is 128 g/mol. The van der Waals surface area contributed by atoms with E-state index in [4.69, 9.17) is 4.74 Å². The molecule has 0 N–H and O–H groups in total. The summed E-state index contributed by atoms with van der Waals surface area (Å²) in [5, 5.41) is 0.